The van der Waals surface area contributed by atoms with Crippen LogP contribution in [0.5, 0.6) is 0 Å². The van der Waals surface area contributed by atoms with Gasteiger partial charge in [-0.25, -0.2) is 9.97 Å². The third-order valence-corrected chi connectivity index (χ3v) is 4.37. The summed E-state index contributed by atoms with van der Waals surface area (Å²) in [6.07, 6.45) is 2.50. The Balaban J connectivity index is 1.61. The number of benzene rings is 1. The number of anilines is 1. The maximum absolute atomic E-state index is 12.5. The van der Waals surface area contributed by atoms with E-state index in [4.69, 9.17) is 4.74 Å². The van der Waals surface area contributed by atoms with Crippen LogP contribution < -0.4 is 10.2 Å². The van der Waals surface area contributed by atoms with Crippen molar-refractivity contribution in [1.29, 1.82) is 0 Å². The molecule has 1 atom stereocenters. The van der Waals surface area contributed by atoms with Crippen molar-refractivity contribution in [2.45, 2.75) is 25.8 Å². The van der Waals surface area contributed by atoms with Crippen LogP contribution in [0.2, 0.25) is 0 Å². The summed E-state index contributed by atoms with van der Waals surface area (Å²) in [5.41, 5.74) is 1.03. The highest BCUT2D eigenvalue weighted by Gasteiger charge is 2.19. The van der Waals surface area contributed by atoms with Crippen LogP contribution in [0, 0.1) is 0 Å². The molecule has 132 valence electrons. The average molecular weight is 340 g/mol. The zero-order valence-electron chi connectivity index (χ0n) is 14.5. The number of nitrogens with one attached hydrogen (secondary N) is 1. The van der Waals surface area contributed by atoms with E-state index in [0.29, 0.717) is 25.6 Å². The fraction of sp³-hybridized carbons (Fsp3) is 0.421. The highest BCUT2D eigenvalue weighted by Crippen LogP contribution is 2.19. The number of hydrogen-bond acceptors (Lipinski definition) is 5. The van der Waals surface area contributed by atoms with Crippen molar-refractivity contribution >= 4 is 11.7 Å². The molecule has 25 heavy (non-hydrogen) atoms. The second-order valence-corrected chi connectivity index (χ2v) is 6.02. The Morgan fingerprint density at radius 1 is 1.24 bits per heavy atom. The van der Waals surface area contributed by atoms with Gasteiger partial charge in [-0.2, -0.15) is 0 Å². The highest BCUT2D eigenvalue weighted by molar-refractivity contribution is 5.83. The van der Waals surface area contributed by atoms with Crippen molar-refractivity contribution in [3.05, 3.63) is 54.0 Å². The first-order valence-electron chi connectivity index (χ1n) is 8.75. The molecular formula is C19H24N4O2. The van der Waals surface area contributed by atoms with Gasteiger partial charge in [0.25, 0.3) is 0 Å². The lowest BCUT2D eigenvalue weighted by molar-refractivity contribution is -0.122. The summed E-state index contributed by atoms with van der Waals surface area (Å²) in [6, 6.07) is 11.8. The van der Waals surface area contributed by atoms with E-state index in [0.717, 1.165) is 30.9 Å². The maximum Gasteiger partial charge on any atom is 0.227 e. The molecular weight excluding hydrogens is 316 g/mol. The molecule has 2 heterocycles. The number of aromatic nitrogens is 2. The van der Waals surface area contributed by atoms with E-state index >= 15 is 0 Å². The van der Waals surface area contributed by atoms with E-state index in [2.05, 4.69) is 20.2 Å². The number of ether oxygens (including phenoxy) is 1. The largest absolute Gasteiger partial charge is 0.378 e. The minimum atomic E-state index is -0.149. The van der Waals surface area contributed by atoms with Gasteiger partial charge in [0.1, 0.15) is 11.6 Å². The van der Waals surface area contributed by atoms with Gasteiger partial charge in [0.2, 0.25) is 5.91 Å². The Labute approximate surface area is 148 Å². The zero-order chi connectivity index (χ0) is 17.5. The van der Waals surface area contributed by atoms with Crippen LogP contribution in [-0.2, 0) is 16.1 Å². The van der Waals surface area contributed by atoms with Crippen molar-refractivity contribution in [2.24, 2.45) is 0 Å². The molecule has 0 bridgehead atoms. The van der Waals surface area contributed by atoms with Crippen LogP contribution in [0.4, 0.5) is 5.82 Å². The SMILES string of the molecule is CC[C@H](C(=O)NCc1nccc(N2CCOCC2)n1)c1ccccc1. The van der Waals surface area contributed by atoms with Gasteiger partial charge in [0.05, 0.1) is 25.7 Å². The van der Waals surface area contributed by atoms with Crippen LogP contribution in [0.15, 0.2) is 42.6 Å². The van der Waals surface area contributed by atoms with Crippen molar-refractivity contribution in [2.75, 3.05) is 31.2 Å². The highest BCUT2D eigenvalue weighted by atomic mass is 16.5. The second-order valence-electron chi connectivity index (χ2n) is 6.02. The molecule has 1 aromatic heterocycles. The Morgan fingerprint density at radius 3 is 2.72 bits per heavy atom. The molecule has 0 unspecified atom stereocenters. The Morgan fingerprint density at radius 2 is 2.00 bits per heavy atom. The molecule has 1 aliphatic rings. The average Bonchev–Trinajstić information content (AvgIpc) is 2.69. The molecule has 0 radical (unpaired) electrons. The van der Waals surface area contributed by atoms with Crippen LogP contribution in [0.1, 0.15) is 30.7 Å². The molecule has 6 heteroatoms. The van der Waals surface area contributed by atoms with Crippen molar-refractivity contribution < 1.29 is 9.53 Å². The van der Waals surface area contributed by atoms with E-state index in [9.17, 15) is 4.79 Å². The fourth-order valence-corrected chi connectivity index (χ4v) is 2.99. The van der Waals surface area contributed by atoms with Gasteiger partial charge in [0, 0.05) is 19.3 Å². The van der Waals surface area contributed by atoms with Gasteiger partial charge in [-0.15, -0.1) is 0 Å². The summed E-state index contributed by atoms with van der Waals surface area (Å²) in [6.45, 7) is 5.44. The van der Waals surface area contributed by atoms with Gasteiger partial charge in [-0.3, -0.25) is 4.79 Å². The van der Waals surface area contributed by atoms with Gasteiger partial charge >= 0.3 is 0 Å². The summed E-state index contributed by atoms with van der Waals surface area (Å²) >= 11 is 0. The molecule has 0 saturated carbocycles. The quantitative estimate of drug-likeness (QED) is 0.872. The third-order valence-electron chi connectivity index (χ3n) is 4.37. The van der Waals surface area contributed by atoms with Crippen LogP contribution in [0.3, 0.4) is 0 Å². The van der Waals surface area contributed by atoms with Crippen LogP contribution in [-0.4, -0.2) is 42.2 Å². The standard InChI is InChI=1S/C19H24N4O2/c1-2-16(15-6-4-3-5-7-15)19(24)21-14-17-20-9-8-18(22-17)23-10-12-25-13-11-23/h3-9,16H,2,10-14H2,1H3,(H,21,24)/t16-/m0/s1. The third kappa shape index (κ3) is 4.54. The number of carbonyl (C=O) groups excluding carboxylic acids is 1. The van der Waals surface area contributed by atoms with Gasteiger partial charge in [-0.05, 0) is 18.1 Å². The number of morpholine rings is 1. The van der Waals surface area contributed by atoms with Crippen molar-refractivity contribution in [3.63, 3.8) is 0 Å². The van der Waals surface area contributed by atoms with Gasteiger partial charge in [-0.1, -0.05) is 37.3 Å². The predicted molar refractivity (Wildman–Crippen MR) is 96.4 cm³/mol. The normalized spacial score (nSPS) is 15.6. The Bertz CT molecular complexity index is 687. The Kier molecular flexibility index (Phi) is 5.95. The van der Waals surface area contributed by atoms with Gasteiger partial charge in [0.15, 0.2) is 0 Å². The topological polar surface area (TPSA) is 67.4 Å². The number of carbonyl (C=O) groups is 1. The molecule has 0 aliphatic carbocycles. The predicted octanol–water partition coefficient (Wildman–Crippen LogP) is 2.12. The monoisotopic (exact) mass is 340 g/mol. The molecule has 0 spiro atoms. The van der Waals surface area contributed by atoms with Crippen molar-refractivity contribution in [1.82, 2.24) is 15.3 Å². The minimum Gasteiger partial charge on any atom is -0.378 e. The van der Waals surface area contributed by atoms with Crippen LogP contribution in [0.25, 0.3) is 0 Å². The molecule has 2 aromatic rings. The van der Waals surface area contributed by atoms with Crippen LogP contribution >= 0.6 is 0 Å². The first-order valence-corrected chi connectivity index (χ1v) is 8.75. The maximum atomic E-state index is 12.5. The summed E-state index contributed by atoms with van der Waals surface area (Å²) in [5, 5.41) is 2.97. The molecule has 1 aliphatic heterocycles. The molecule has 1 amide bonds. The van der Waals surface area contributed by atoms with Gasteiger partial charge < -0.3 is 15.0 Å². The fourth-order valence-electron chi connectivity index (χ4n) is 2.99. The smallest absolute Gasteiger partial charge is 0.227 e. The minimum absolute atomic E-state index is 0.00840. The molecule has 3 rings (SSSR count). The second kappa shape index (κ2) is 8.58. The summed E-state index contributed by atoms with van der Waals surface area (Å²) in [4.78, 5) is 23.6. The number of rotatable bonds is 6. The summed E-state index contributed by atoms with van der Waals surface area (Å²) in [7, 11) is 0. The lowest BCUT2D eigenvalue weighted by atomic mass is 9.96. The first kappa shape index (κ1) is 17.4. The van der Waals surface area contributed by atoms with E-state index in [1.165, 1.54) is 0 Å². The summed E-state index contributed by atoms with van der Waals surface area (Å²) < 4.78 is 5.37. The molecule has 1 N–H and O–H groups in total. The number of nitrogens with zero attached hydrogens (tertiary/aromatic N) is 3. The molecule has 1 fully saturated rings. The summed E-state index contributed by atoms with van der Waals surface area (Å²) in [5.74, 6) is 1.37. The number of amides is 1. The molecule has 1 aromatic carbocycles. The van der Waals surface area contributed by atoms with Crippen molar-refractivity contribution in [3.8, 4) is 0 Å². The van der Waals surface area contributed by atoms with E-state index in [1.54, 1.807) is 6.20 Å². The van der Waals surface area contributed by atoms with E-state index < -0.39 is 0 Å². The molecule has 1 saturated heterocycles. The van der Waals surface area contributed by atoms with E-state index in [1.807, 2.05) is 43.3 Å². The van der Waals surface area contributed by atoms with E-state index in [-0.39, 0.29) is 11.8 Å². The number of hydrogen-bond donors (Lipinski definition) is 1. The first-order chi connectivity index (χ1) is 12.3. The molecule has 6 nitrogen and oxygen atoms in total. The lowest BCUT2D eigenvalue weighted by Gasteiger charge is -2.27. The lowest BCUT2D eigenvalue weighted by Crippen LogP contribution is -2.37. The Hall–Kier alpha value is -2.47. The zero-order valence-corrected chi connectivity index (χ0v) is 14.5.